The number of hydrogen-bond donors (Lipinski definition) is 2. The van der Waals surface area contributed by atoms with Crippen molar-refractivity contribution in [2.24, 2.45) is 28.9 Å². The molecule has 0 radical (unpaired) electrons. The molecule has 0 bridgehead atoms. The molecule has 0 aromatic rings. The molecule has 1 aliphatic heterocycles. The Labute approximate surface area is 168 Å². The van der Waals surface area contributed by atoms with E-state index in [2.05, 4.69) is 11.4 Å². The fraction of sp³-hybridized carbons (Fsp3) is 0.864. The molecule has 3 saturated carbocycles. The van der Waals surface area contributed by atoms with E-state index in [0.717, 1.165) is 51.4 Å². The van der Waals surface area contributed by atoms with Crippen LogP contribution in [0.4, 0.5) is 4.79 Å². The molecule has 1 unspecified atom stereocenters. The van der Waals surface area contributed by atoms with Crippen LogP contribution in [0.5, 0.6) is 0 Å². The van der Waals surface area contributed by atoms with E-state index >= 15 is 0 Å². The molecule has 1 saturated heterocycles. The number of nitrogens with zero attached hydrogens (tertiary/aromatic N) is 2. The number of rotatable bonds is 4. The molecule has 6 heteroatoms. The molecule has 1 heterocycles. The molecule has 1 spiro atoms. The summed E-state index contributed by atoms with van der Waals surface area (Å²) < 4.78 is 0. The predicted molar refractivity (Wildman–Crippen MR) is 106 cm³/mol. The number of piperidine rings is 1. The van der Waals surface area contributed by atoms with E-state index in [1.807, 2.05) is 0 Å². The van der Waals surface area contributed by atoms with Crippen LogP contribution in [0.15, 0.2) is 0 Å². The van der Waals surface area contributed by atoms with Crippen LogP contribution in [0.25, 0.3) is 0 Å². The second-order valence-corrected chi connectivity index (χ2v) is 9.79. The van der Waals surface area contributed by atoms with E-state index in [1.54, 1.807) is 4.90 Å². The molecular formula is C22H34N4O2. The molecule has 28 heavy (non-hydrogen) atoms. The Balaban J connectivity index is 1.55. The number of carbonyl (C=O) groups excluding carboxylic acids is 2. The third kappa shape index (κ3) is 3.60. The van der Waals surface area contributed by atoms with Gasteiger partial charge in [0.25, 0.3) is 0 Å². The Hall–Kier alpha value is -1.77. The first kappa shape index (κ1) is 19.5. The zero-order valence-corrected chi connectivity index (χ0v) is 16.9. The third-order valence-corrected chi connectivity index (χ3v) is 8.27. The first-order valence-electron chi connectivity index (χ1n) is 11.3. The van der Waals surface area contributed by atoms with Gasteiger partial charge >= 0.3 is 6.03 Å². The Morgan fingerprint density at radius 1 is 1.00 bits per heavy atom. The summed E-state index contributed by atoms with van der Waals surface area (Å²) in [7, 11) is 0. The summed E-state index contributed by atoms with van der Waals surface area (Å²) in [4.78, 5) is 26.8. The lowest BCUT2D eigenvalue weighted by Crippen LogP contribution is -2.51. The van der Waals surface area contributed by atoms with Crippen LogP contribution in [0.3, 0.4) is 0 Å². The van der Waals surface area contributed by atoms with E-state index in [0.29, 0.717) is 24.9 Å². The number of nitrogens with one attached hydrogen (secondary N) is 1. The Bertz CT molecular complexity index is 652. The Morgan fingerprint density at radius 2 is 1.68 bits per heavy atom. The topological polar surface area (TPSA) is 99.2 Å². The summed E-state index contributed by atoms with van der Waals surface area (Å²) in [6, 6.07) is 2.01. The number of likely N-dealkylation sites (tertiary alicyclic amines) is 1. The predicted octanol–water partition coefficient (Wildman–Crippen LogP) is 3.32. The molecule has 4 aliphatic rings. The molecule has 3 aliphatic carbocycles. The number of carbonyl (C=O) groups is 2. The zero-order chi connectivity index (χ0) is 19.8. The van der Waals surface area contributed by atoms with Crippen LogP contribution in [0.2, 0.25) is 0 Å². The Kier molecular flexibility index (Phi) is 5.28. The van der Waals surface area contributed by atoms with E-state index in [1.165, 1.54) is 25.7 Å². The molecule has 0 aromatic heterocycles. The first-order chi connectivity index (χ1) is 13.5. The largest absolute Gasteiger partial charge is 0.351 e. The van der Waals surface area contributed by atoms with Crippen molar-refractivity contribution in [2.45, 2.75) is 82.6 Å². The molecule has 4 rings (SSSR count). The van der Waals surface area contributed by atoms with Crippen molar-refractivity contribution >= 4 is 11.9 Å². The summed E-state index contributed by atoms with van der Waals surface area (Å²) in [6.07, 6.45) is 12.9. The average molecular weight is 387 g/mol. The first-order valence-corrected chi connectivity index (χ1v) is 11.3. The monoisotopic (exact) mass is 386 g/mol. The normalized spacial score (nSPS) is 29.8. The van der Waals surface area contributed by atoms with Gasteiger partial charge in [0.1, 0.15) is 5.54 Å². The molecule has 6 nitrogen and oxygen atoms in total. The lowest BCUT2D eigenvalue weighted by atomic mass is 9.61. The quantitative estimate of drug-likeness (QED) is 0.775. The Morgan fingerprint density at radius 3 is 2.25 bits per heavy atom. The van der Waals surface area contributed by atoms with Crippen LogP contribution >= 0.6 is 0 Å². The summed E-state index contributed by atoms with van der Waals surface area (Å²) in [6.45, 7) is 1.43. The minimum atomic E-state index is -0.592. The summed E-state index contributed by atoms with van der Waals surface area (Å²) in [5, 5.41) is 12.6. The molecule has 0 aromatic carbocycles. The van der Waals surface area contributed by atoms with Crippen molar-refractivity contribution in [1.82, 2.24) is 10.2 Å². The average Bonchev–Trinajstić information content (AvgIpc) is 3.38. The van der Waals surface area contributed by atoms with Crippen molar-refractivity contribution in [3.8, 4) is 6.07 Å². The number of nitrogens with two attached hydrogens (primary N) is 1. The number of urea groups is 1. The van der Waals surface area contributed by atoms with Crippen LogP contribution in [0.1, 0.15) is 77.0 Å². The van der Waals surface area contributed by atoms with E-state index < -0.39 is 5.54 Å². The van der Waals surface area contributed by atoms with Gasteiger partial charge in [-0.05, 0) is 68.6 Å². The van der Waals surface area contributed by atoms with Gasteiger partial charge in [0.15, 0.2) is 0 Å². The second-order valence-electron chi connectivity index (χ2n) is 9.79. The molecule has 2 atom stereocenters. The highest BCUT2D eigenvalue weighted by Crippen LogP contribution is 2.56. The van der Waals surface area contributed by atoms with Crippen LogP contribution < -0.4 is 11.1 Å². The third-order valence-electron chi connectivity index (χ3n) is 8.27. The SMILES string of the molecule is N#CC1(NC(=O)[C@@H](C2CCCCC2)C2CCCC23CCN(C(N)=O)CC3)CC1. The van der Waals surface area contributed by atoms with Crippen molar-refractivity contribution < 1.29 is 9.59 Å². The van der Waals surface area contributed by atoms with Crippen molar-refractivity contribution in [3.63, 3.8) is 0 Å². The minimum absolute atomic E-state index is 0.0220. The lowest BCUT2D eigenvalue weighted by molar-refractivity contribution is -0.132. The number of amides is 3. The highest BCUT2D eigenvalue weighted by atomic mass is 16.2. The van der Waals surface area contributed by atoms with E-state index in [4.69, 9.17) is 5.73 Å². The standard InChI is InChI=1S/C22H34N4O2/c23-15-22(9-10-22)25-19(27)18(16-5-2-1-3-6-16)17-7-4-8-21(17)11-13-26(14-12-21)20(24)28/h16-18H,1-14H2,(H2,24,28)(H,25,27)/t17?,18-/m0/s1. The maximum Gasteiger partial charge on any atom is 0.314 e. The molecule has 154 valence electrons. The van der Waals surface area contributed by atoms with E-state index in [9.17, 15) is 14.9 Å². The second kappa shape index (κ2) is 7.57. The van der Waals surface area contributed by atoms with Crippen molar-refractivity contribution in [2.75, 3.05) is 13.1 Å². The lowest BCUT2D eigenvalue weighted by Gasteiger charge is -2.47. The van der Waals surface area contributed by atoms with Crippen LogP contribution in [-0.4, -0.2) is 35.5 Å². The summed E-state index contributed by atoms with van der Waals surface area (Å²) in [5.41, 5.74) is 5.07. The maximum absolute atomic E-state index is 13.5. The van der Waals surface area contributed by atoms with Gasteiger partial charge in [-0.3, -0.25) is 4.79 Å². The van der Waals surface area contributed by atoms with Gasteiger partial charge in [0.05, 0.1) is 6.07 Å². The van der Waals surface area contributed by atoms with E-state index in [-0.39, 0.29) is 23.3 Å². The fourth-order valence-electron chi connectivity index (χ4n) is 6.45. The highest BCUT2D eigenvalue weighted by Gasteiger charge is 2.53. The summed E-state index contributed by atoms with van der Waals surface area (Å²) >= 11 is 0. The number of primary amides is 1. The van der Waals surface area contributed by atoms with Gasteiger partial charge in [-0.15, -0.1) is 0 Å². The molecular weight excluding hydrogens is 352 g/mol. The van der Waals surface area contributed by atoms with Crippen molar-refractivity contribution in [3.05, 3.63) is 0 Å². The molecule has 4 fully saturated rings. The van der Waals surface area contributed by atoms with Gasteiger partial charge in [-0.2, -0.15) is 5.26 Å². The van der Waals surface area contributed by atoms with Crippen LogP contribution in [-0.2, 0) is 4.79 Å². The smallest absolute Gasteiger partial charge is 0.314 e. The number of nitriles is 1. The van der Waals surface area contributed by atoms with Crippen LogP contribution in [0, 0.1) is 34.5 Å². The maximum atomic E-state index is 13.5. The van der Waals surface area contributed by atoms with Gasteiger partial charge in [-0.25, -0.2) is 4.79 Å². The fourth-order valence-corrected chi connectivity index (χ4v) is 6.45. The van der Waals surface area contributed by atoms with Gasteiger partial charge in [0, 0.05) is 19.0 Å². The number of hydrogen-bond acceptors (Lipinski definition) is 3. The van der Waals surface area contributed by atoms with Gasteiger partial charge in [0.2, 0.25) is 5.91 Å². The zero-order valence-electron chi connectivity index (χ0n) is 16.9. The molecule has 3 amide bonds. The molecule has 3 N–H and O–H groups in total. The highest BCUT2D eigenvalue weighted by molar-refractivity contribution is 5.81. The van der Waals surface area contributed by atoms with Gasteiger partial charge < -0.3 is 16.0 Å². The summed E-state index contributed by atoms with van der Waals surface area (Å²) in [5.74, 6) is 0.973. The van der Waals surface area contributed by atoms with Gasteiger partial charge in [-0.1, -0.05) is 25.7 Å². The van der Waals surface area contributed by atoms with Crippen molar-refractivity contribution in [1.29, 1.82) is 5.26 Å². The minimum Gasteiger partial charge on any atom is -0.351 e.